The van der Waals surface area contributed by atoms with Crippen LogP contribution in [0.25, 0.3) is 6.08 Å². The van der Waals surface area contributed by atoms with Gasteiger partial charge in [0, 0.05) is 13.3 Å². The minimum Gasteiger partial charge on any atom is -0.274 e. The third-order valence-corrected chi connectivity index (χ3v) is 2.02. The van der Waals surface area contributed by atoms with Crippen LogP contribution in [0.5, 0.6) is 0 Å². The fourth-order valence-electron chi connectivity index (χ4n) is 1.27. The van der Waals surface area contributed by atoms with E-state index in [1.54, 1.807) is 19.9 Å². The fraction of sp³-hybridized carbons (Fsp3) is 0.300. The molecule has 17 heavy (non-hydrogen) atoms. The molecule has 1 aromatic heterocycles. The Bertz CT molecular complexity index is 557. The van der Waals surface area contributed by atoms with E-state index in [-0.39, 0.29) is 11.6 Å². The van der Waals surface area contributed by atoms with E-state index in [4.69, 9.17) is 0 Å². The molecule has 90 valence electrons. The summed E-state index contributed by atoms with van der Waals surface area (Å²) in [4.78, 5) is 29.7. The number of hydrogen-bond donors (Lipinski definition) is 0. The number of nitro groups is 1. The average Bonchev–Trinajstić information content (AvgIpc) is 2.25. The zero-order chi connectivity index (χ0) is 13.0. The number of rotatable bonds is 3. The van der Waals surface area contributed by atoms with Crippen molar-refractivity contribution in [1.29, 1.82) is 0 Å². The predicted octanol–water partition coefficient (Wildman–Crippen LogP) is 1.44. The van der Waals surface area contributed by atoms with Crippen LogP contribution in [-0.2, 0) is 7.05 Å². The van der Waals surface area contributed by atoms with Crippen LogP contribution in [0.4, 0.5) is 11.6 Å². The first-order valence-corrected chi connectivity index (χ1v) is 4.89. The Morgan fingerprint density at radius 1 is 1.47 bits per heavy atom. The van der Waals surface area contributed by atoms with Crippen molar-refractivity contribution in [3.8, 4) is 0 Å². The van der Waals surface area contributed by atoms with Gasteiger partial charge in [-0.25, -0.2) is 9.98 Å². The molecule has 0 N–H and O–H groups in total. The molecule has 1 rings (SSSR count). The normalized spacial score (nSPS) is 11.5. The molecule has 0 fully saturated rings. The summed E-state index contributed by atoms with van der Waals surface area (Å²) in [6, 6.07) is 0. The molecule has 0 radical (unpaired) electrons. The van der Waals surface area contributed by atoms with Gasteiger partial charge in [0.25, 0.3) is 0 Å². The molecule has 7 heteroatoms. The topological polar surface area (TPSA) is 90.4 Å². The lowest BCUT2D eigenvalue weighted by Crippen LogP contribution is -2.22. The second-order valence-corrected chi connectivity index (χ2v) is 3.15. The Labute approximate surface area is 97.3 Å². The zero-order valence-corrected chi connectivity index (χ0v) is 9.75. The second-order valence-electron chi connectivity index (χ2n) is 3.15. The van der Waals surface area contributed by atoms with Gasteiger partial charge in [0.2, 0.25) is 5.95 Å². The lowest BCUT2D eigenvalue weighted by Gasteiger charge is -2.03. The third kappa shape index (κ3) is 2.44. The molecule has 0 aliphatic rings. The first kappa shape index (κ1) is 12.8. The Morgan fingerprint density at radius 2 is 2.12 bits per heavy atom. The van der Waals surface area contributed by atoms with Crippen LogP contribution in [0.1, 0.15) is 19.5 Å². The molecule has 0 unspecified atom stereocenters. The van der Waals surface area contributed by atoms with Crippen LogP contribution < -0.4 is 5.56 Å². The van der Waals surface area contributed by atoms with E-state index in [2.05, 4.69) is 9.98 Å². The third-order valence-electron chi connectivity index (χ3n) is 2.02. The summed E-state index contributed by atoms with van der Waals surface area (Å²) in [6.45, 7) is 3.36. The second kappa shape index (κ2) is 5.15. The first-order chi connectivity index (χ1) is 8.02. The summed E-state index contributed by atoms with van der Waals surface area (Å²) >= 11 is 0. The predicted molar refractivity (Wildman–Crippen MR) is 64.7 cm³/mol. The van der Waals surface area contributed by atoms with E-state index in [0.29, 0.717) is 0 Å². The Morgan fingerprint density at radius 3 is 2.59 bits per heavy atom. The maximum absolute atomic E-state index is 11.8. The largest absolute Gasteiger partial charge is 0.359 e. The molecule has 0 saturated heterocycles. The summed E-state index contributed by atoms with van der Waals surface area (Å²) in [7, 11) is 1.39. The van der Waals surface area contributed by atoms with E-state index < -0.39 is 16.2 Å². The quantitative estimate of drug-likeness (QED) is 0.451. The van der Waals surface area contributed by atoms with E-state index in [9.17, 15) is 14.9 Å². The van der Waals surface area contributed by atoms with Gasteiger partial charge in [0.1, 0.15) is 0 Å². The molecule has 0 bridgehead atoms. The zero-order valence-electron chi connectivity index (χ0n) is 9.75. The molecule has 0 aliphatic heterocycles. The summed E-state index contributed by atoms with van der Waals surface area (Å²) in [5.74, 6) is 0.135. The highest BCUT2D eigenvalue weighted by atomic mass is 16.6. The van der Waals surface area contributed by atoms with Gasteiger partial charge in [-0.1, -0.05) is 6.08 Å². The average molecular weight is 236 g/mol. The summed E-state index contributed by atoms with van der Waals surface area (Å²) in [5, 5.41) is 10.8. The van der Waals surface area contributed by atoms with Gasteiger partial charge in [-0.15, -0.1) is 0 Å². The van der Waals surface area contributed by atoms with Crippen LogP contribution in [0.2, 0.25) is 0 Å². The standard InChI is InChI=1S/C10H12N4O3/c1-4-6-7-8(14(16)17)9(15)13(3)10(12-7)11-5-2/h4-6H,1-3H3/b6-4+,11-5?. The minimum absolute atomic E-state index is 0.0150. The van der Waals surface area contributed by atoms with Crippen molar-refractivity contribution in [1.82, 2.24) is 9.55 Å². The molecule has 0 atom stereocenters. The van der Waals surface area contributed by atoms with Gasteiger partial charge < -0.3 is 0 Å². The van der Waals surface area contributed by atoms with Crippen LogP contribution in [0.3, 0.4) is 0 Å². The molecule has 7 nitrogen and oxygen atoms in total. The smallest absolute Gasteiger partial charge is 0.274 e. The van der Waals surface area contributed by atoms with Crippen molar-refractivity contribution in [3.63, 3.8) is 0 Å². The summed E-state index contributed by atoms with van der Waals surface area (Å²) < 4.78 is 1.05. The van der Waals surface area contributed by atoms with Crippen molar-refractivity contribution in [2.45, 2.75) is 13.8 Å². The monoisotopic (exact) mass is 236 g/mol. The number of aromatic nitrogens is 2. The van der Waals surface area contributed by atoms with Crippen LogP contribution in [-0.4, -0.2) is 20.7 Å². The summed E-state index contributed by atoms with van der Waals surface area (Å²) in [5.41, 5.74) is -1.25. The highest BCUT2D eigenvalue weighted by Gasteiger charge is 2.22. The Balaban J connectivity index is 3.68. The molecular weight excluding hydrogens is 224 g/mol. The molecular formula is C10H12N4O3. The SMILES string of the molecule is CC=Nc1nc(/C=C/C)c([N+](=O)[O-])c(=O)n1C. The summed E-state index contributed by atoms with van der Waals surface area (Å²) in [6.07, 6.45) is 4.45. The lowest BCUT2D eigenvalue weighted by molar-refractivity contribution is -0.387. The van der Waals surface area contributed by atoms with Crippen molar-refractivity contribution in [2.75, 3.05) is 0 Å². The van der Waals surface area contributed by atoms with Gasteiger partial charge in [-0.3, -0.25) is 19.5 Å². The lowest BCUT2D eigenvalue weighted by atomic mass is 10.3. The van der Waals surface area contributed by atoms with Gasteiger partial charge in [-0.05, 0) is 19.9 Å². The highest BCUT2D eigenvalue weighted by Crippen LogP contribution is 2.16. The van der Waals surface area contributed by atoms with E-state index in [0.717, 1.165) is 4.57 Å². The van der Waals surface area contributed by atoms with E-state index >= 15 is 0 Å². The van der Waals surface area contributed by atoms with Gasteiger partial charge in [0.15, 0.2) is 5.69 Å². The molecule has 0 aromatic carbocycles. The molecule has 0 amide bonds. The molecule has 0 aliphatic carbocycles. The van der Waals surface area contributed by atoms with Crippen molar-refractivity contribution in [3.05, 3.63) is 32.2 Å². The van der Waals surface area contributed by atoms with E-state index in [1.165, 1.54) is 19.3 Å². The van der Waals surface area contributed by atoms with Gasteiger partial charge >= 0.3 is 11.2 Å². The molecule has 0 saturated carbocycles. The van der Waals surface area contributed by atoms with Crippen molar-refractivity contribution in [2.24, 2.45) is 12.0 Å². The number of nitrogens with zero attached hydrogens (tertiary/aromatic N) is 4. The van der Waals surface area contributed by atoms with Crippen LogP contribution in [0.15, 0.2) is 15.9 Å². The fourth-order valence-corrected chi connectivity index (χ4v) is 1.27. The van der Waals surface area contributed by atoms with Gasteiger partial charge in [0.05, 0.1) is 4.92 Å². The van der Waals surface area contributed by atoms with Crippen molar-refractivity contribution >= 4 is 23.9 Å². The number of allylic oxidation sites excluding steroid dienone is 1. The van der Waals surface area contributed by atoms with E-state index in [1.807, 2.05) is 0 Å². The molecule has 1 aromatic rings. The molecule has 1 heterocycles. The first-order valence-electron chi connectivity index (χ1n) is 4.89. The van der Waals surface area contributed by atoms with Crippen LogP contribution >= 0.6 is 0 Å². The minimum atomic E-state index is -0.732. The maximum atomic E-state index is 11.8. The Hall–Kier alpha value is -2.31. The molecule has 0 spiro atoms. The Kier molecular flexibility index (Phi) is 3.86. The number of aliphatic imine (C=N–C) groups is 1. The van der Waals surface area contributed by atoms with Crippen LogP contribution in [0, 0.1) is 10.1 Å². The van der Waals surface area contributed by atoms with Crippen molar-refractivity contribution < 1.29 is 4.92 Å². The maximum Gasteiger partial charge on any atom is 0.359 e. The number of hydrogen-bond acceptors (Lipinski definition) is 5. The highest BCUT2D eigenvalue weighted by molar-refractivity contribution is 5.60. The van der Waals surface area contributed by atoms with Gasteiger partial charge in [-0.2, -0.15) is 0 Å².